The minimum atomic E-state index is -0.355. The maximum absolute atomic E-state index is 13.7. The number of carbonyl (C=O) groups is 2. The van der Waals surface area contributed by atoms with Crippen molar-refractivity contribution in [3.05, 3.63) is 53.9 Å². The molecule has 5 rings (SSSR count). The van der Waals surface area contributed by atoms with E-state index in [2.05, 4.69) is 69.5 Å². The number of rotatable bonds is 7. The molecule has 0 radical (unpaired) electrons. The Labute approximate surface area is 218 Å². The molecule has 9 heteroatoms. The van der Waals surface area contributed by atoms with Gasteiger partial charge in [-0.05, 0) is 70.2 Å². The monoisotopic (exact) mass is 501 g/mol. The Morgan fingerprint density at radius 3 is 2.51 bits per heavy atom. The number of nitriles is 1. The SMILES string of the molecule is CN(C)C1(c2ccccc2)CCC2(CC1)CN(CC(=O)Nc1nccc(C#N)n1)C(=O)N2CC1CCC1. The second kappa shape index (κ2) is 10.1. The summed E-state index contributed by atoms with van der Waals surface area (Å²) in [5.74, 6) is 0.270. The van der Waals surface area contributed by atoms with Crippen molar-refractivity contribution in [2.45, 2.75) is 56.0 Å². The molecule has 1 aromatic carbocycles. The minimum Gasteiger partial charge on any atom is -0.317 e. The summed E-state index contributed by atoms with van der Waals surface area (Å²) in [4.78, 5) is 40.7. The van der Waals surface area contributed by atoms with E-state index in [1.54, 1.807) is 4.90 Å². The maximum atomic E-state index is 13.7. The topological polar surface area (TPSA) is 105 Å². The lowest BCUT2D eigenvalue weighted by molar-refractivity contribution is -0.116. The summed E-state index contributed by atoms with van der Waals surface area (Å²) >= 11 is 0. The average Bonchev–Trinajstić information content (AvgIpc) is 3.12. The second-order valence-corrected chi connectivity index (χ2v) is 11.0. The Morgan fingerprint density at radius 1 is 1.16 bits per heavy atom. The van der Waals surface area contributed by atoms with E-state index in [4.69, 9.17) is 5.26 Å². The Hall–Kier alpha value is -3.51. The zero-order valence-corrected chi connectivity index (χ0v) is 21.7. The summed E-state index contributed by atoms with van der Waals surface area (Å²) in [6, 6.07) is 14.1. The molecule has 3 fully saturated rings. The molecule has 1 aliphatic heterocycles. The Bertz CT molecular complexity index is 1180. The van der Waals surface area contributed by atoms with Crippen molar-refractivity contribution in [2.75, 3.05) is 39.0 Å². The predicted molar refractivity (Wildman–Crippen MR) is 139 cm³/mol. The first-order valence-corrected chi connectivity index (χ1v) is 13.2. The summed E-state index contributed by atoms with van der Waals surface area (Å²) in [5.41, 5.74) is 1.17. The summed E-state index contributed by atoms with van der Waals surface area (Å²) in [5, 5.41) is 11.7. The fourth-order valence-corrected chi connectivity index (χ4v) is 6.33. The zero-order chi connectivity index (χ0) is 26.0. The Balaban J connectivity index is 1.34. The van der Waals surface area contributed by atoms with Crippen LogP contribution in [0.5, 0.6) is 0 Å². The van der Waals surface area contributed by atoms with E-state index in [0.717, 1.165) is 32.2 Å². The minimum absolute atomic E-state index is 0.0502. The van der Waals surface area contributed by atoms with Gasteiger partial charge in [-0.2, -0.15) is 5.26 Å². The highest BCUT2D eigenvalue weighted by molar-refractivity contribution is 5.93. The number of anilines is 1. The highest BCUT2D eigenvalue weighted by Gasteiger charge is 2.55. The molecule has 9 nitrogen and oxygen atoms in total. The van der Waals surface area contributed by atoms with Crippen molar-refractivity contribution in [2.24, 2.45) is 5.92 Å². The van der Waals surface area contributed by atoms with E-state index in [0.29, 0.717) is 12.5 Å². The molecular formula is C28H35N7O2. The number of benzene rings is 1. The number of nitrogens with zero attached hydrogens (tertiary/aromatic N) is 6. The zero-order valence-electron chi connectivity index (χ0n) is 21.7. The van der Waals surface area contributed by atoms with E-state index >= 15 is 0 Å². The van der Waals surface area contributed by atoms with Gasteiger partial charge in [-0.25, -0.2) is 14.8 Å². The van der Waals surface area contributed by atoms with Gasteiger partial charge in [0.05, 0.1) is 5.54 Å². The lowest BCUT2D eigenvalue weighted by Gasteiger charge is -2.51. The van der Waals surface area contributed by atoms with Crippen molar-refractivity contribution in [1.29, 1.82) is 5.26 Å². The first-order valence-electron chi connectivity index (χ1n) is 13.2. The van der Waals surface area contributed by atoms with Crippen molar-refractivity contribution in [3.8, 4) is 6.07 Å². The largest absolute Gasteiger partial charge is 0.321 e. The van der Waals surface area contributed by atoms with Crippen molar-refractivity contribution < 1.29 is 9.59 Å². The number of aromatic nitrogens is 2. The highest BCUT2D eigenvalue weighted by atomic mass is 16.2. The van der Waals surface area contributed by atoms with Gasteiger partial charge >= 0.3 is 6.03 Å². The number of hydrogen-bond acceptors (Lipinski definition) is 6. The molecule has 3 aliphatic rings. The van der Waals surface area contributed by atoms with Gasteiger partial charge in [0.15, 0.2) is 0 Å². The molecule has 1 N–H and O–H groups in total. The van der Waals surface area contributed by atoms with Gasteiger partial charge in [0.1, 0.15) is 18.3 Å². The quantitative estimate of drug-likeness (QED) is 0.622. The molecule has 2 saturated carbocycles. The van der Waals surface area contributed by atoms with Crippen LogP contribution in [-0.4, -0.2) is 75.9 Å². The Kier molecular flexibility index (Phi) is 6.86. The molecule has 2 heterocycles. The van der Waals surface area contributed by atoms with E-state index in [1.807, 2.05) is 6.07 Å². The van der Waals surface area contributed by atoms with Crippen LogP contribution in [0.25, 0.3) is 0 Å². The molecule has 2 aromatic rings. The molecular weight excluding hydrogens is 466 g/mol. The van der Waals surface area contributed by atoms with Gasteiger partial charge in [0, 0.05) is 24.8 Å². The first-order chi connectivity index (χ1) is 17.8. The van der Waals surface area contributed by atoms with Crippen LogP contribution in [0.3, 0.4) is 0 Å². The predicted octanol–water partition coefficient (Wildman–Crippen LogP) is 3.59. The molecule has 1 spiro atoms. The molecule has 3 amide bonds. The summed E-state index contributed by atoms with van der Waals surface area (Å²) < 4.78 is 0. The van der Waals surface area contributed by atoms with Gasteiger partial charge < -0.3 is 9.80 Å². The van der Waals surface area contributed by atoms with Crippen LogP contribution < -0.4 is 5.32 Å². The molecule has 0 unspecified atom stereocenters. The normalized spacial score (nSPS) is 25.8. The van der Waals surface area contributed by atoms with Crippen LogP contribution in [0.4, 0.5) is 10.7 Å². The molecule has 194 valence electrons. The van der Waals surface area contributed by atoms with E-state index < -0.39 is 0 Å². The molecule has 1 saturated heterocycles. The van der Waals surface area contributed by atoms with Crippen LogP contribution in [0.15, 0.2) is 42.6 Å². The van der Waals surface area contributed by atoms with Gasteiger partial charge in [0.25, 0.3) is 0 Å². The molecule has 0 atom stereocenters. The standard InChI is InChI=1S/C28H35N7O2/c1-33(2)28(22-9-4-3-5-10-22)14-12-27(13-15-28)20-34(26(37)35(27)18-21-7-6-8-21)19-24(36)32-25-30-16-11-23(17-29)31-25/h3-5,9-11,16,21H,6-8,12-15,18-20H2,1-2H3,(H,30,31,32,36). The third-order valence-corrected chi connectivity index (χ3v) is 8.76. The molecule has 2 aliphatic carbocycles. The number of nitrogens with one attached hydrogen (secondary N) is 1. The number of carbonyl (C=O) groups excluding carboxylic acids is 2. The van der Waals surface area contributed by atoms with Gasteiger partial charge in [-0.3, -0.25) is 15.0 Å². The number of amides is 3. The van der Waals surface area contributed by atoms with Crippen LogP contribution in [0, 0.1) is 17.2 Å². The fraction of sp³-hybridized carbons (Fsp3) is 0.536. The van der Waals surface area contributed by atoms with Gasteiger partial charge in [-0.1, -0.05) is 36.8 Å². The summed E-state index contributed by atoms with van der Waals surface area (Å²) in [6.07, 6.45) is 8.68. The Morgan fingerprint density at radius 2 is 1.89 bits per heavy atom. The summed E-state index contributed by atoms with van der Waals surface area (Å²) in [7, 11) is 4.30. The average molecular weight is 502 g/mol. The fourth-order valence-electron chi connectivity index (χ4n) is 6.33. The third kappa shape index (κ3) is 4.78. The highest BCUT2D eigenvalue weighted by Crippen LogP contribution is 2.49. The van der Waals surface area contributed by atoms with E-state index in [1.165, 1.54) is 37.1 Å². The van der Waals surface area contributed by atoms with Crippen LogP contribution >= 0.6 is 0 Å². The molecule has 1 aromatic heterocycles. The lowest BCUT2D eigenvalue weighted by Crippen LogP contribution is -2.56. The number of hydrogen-bond donors (Lipinski definition) is 1. The molecule has 0 bridgehead atoms. The van der Waals surface area contributed by atoms with Crippen molar-refractivity contribution >= 4 is 17.9 Å². The molecule has 37 heavy (non-hydrogen) atoms. The van der Waals surface area contributed by atoms with Crippen LogP contribution in [-0.2, 0) is 10.3 Å². The van der Waals surface area contributed by atoms with Crippen LogP contribution in [0.2, 0.25) is 0 Å². The first kappa shape index (κ1) is 25.2. The van der Waals surface area contributed by atoms with Gasteiger partial charge in [0.2, 0.25) is 11.9 Å². The van der Waals surface area contributed by atoms with E-state index in [9.17, 15) is 9.59 Å². The second-order valence-electron chi connectivity index (χ2n) is 11.0. The third-order valence-electron chi connectivity index (χ3n) is 8.76. The van der Waals surface area contributed by atoms with Gasteiger partial charge in [-0.15, -0.1) is 0 Å². The summed E-state index contributed by atoms with van der Waals surface area (Å²) in [6.45, 7) is 1.26. The maximum Gasteiger partial charge on any atom is 0.321 e. The van der Waals surface area contributed by atoms with Crippen molar-refractivity contribution in [1.82, 2.24) is 24.7 Å². The lowest BCUT2D eigenvalue weighted by atomic mass is 9.68. The smallest absolute Gasteiger partial charge is 0.317 e. The van der Waals surface area contributed by atoms with Crippen molar-refractivity contribution in [3.63, 3.8) is 0 Å². The van der Waals surface area contributed by atoms with Crippen LogP contribution in [0.1, 0.15) is 56.2 Å². The number of urea groups is 1. The van der Waals surface area contributed by atoms with E-state index in [-0.39, 0.29) is 41.2 Å².